The van der Waals surface area contributed by atoms with E-state index in [-0.39, 0.29) is 42.2 Å². The number of benzene rings is 2. The molecule has 3 N–H and O–H groups in total. The summed E-state index contributed by atoms with van der Waals surface area (Å²) in [5, 5.41) is 16.8. The summed E-state index contributed by atoms with van der Waals surface area (Å²) in [6, 6.07) is 8.15. The van der Waals surface area contributed by atoms with Crippen LogP contribution in [-0.4, -0.2) is 104 Å². The number of halogens is 4. The second-order valence-electron chi connectivity index (χ2n) is 16.0. The van der Waals surface area contributed by atoms with Gasteiger partial charge in [-0.1, -0.05) is 57.8 Å². The molecule has 0 aromatic heterocycles. The van der Waals surface area contributed by atoms with Gasteiger partial charge in [-0.2, -0.15) is 0 Å². The molecule has 2 aromatic carbocycles. The molecular weight excluding hydrogens is 943 g/mol. The van der Waals surface area contributed by atoms with E-state index >= 15 is 0 Å². The van der Waals surface area contributed by atoms with Crippen molar-refractivity contribution in [1.82, 2.24) is 20.4 Å². The number of hydrogen-bond acceptors (Lipinski definition) is 8. The number of nitrogens with zero attached hydrogens (tertiary/aromatic N) is 2. The van der Waals surface area contributed by atoms with Gasteiger partial charge in [0.1, 0.15) is 11.5 Å². The molecule has 2 heterocycles. The highest BCUT2D eigenvalue weighted by Gasteiger charge is 2.51. The zero-order chi connectivity index (χ0) is 44.0. The first kappa shape index (κ1) is 51.2. The number of hydrogen-bond donors (Lipinski definition) is 3. The molecule has 0 atom stereocenters. The molecule has 4 amide bonds. The standard InChI is InChI=1S/C22H29BrN2O4.C19H24BrNO3.C3H6ClNO.ClH/c1-6-14-11-13(2)12-16(23)17(14)18-19(29-21(27)25(3)4)22(24-20(18)26)9-7-15(28-5)8-10-22;1-4-12-9-11(2)10-14(20)15(12)16-17(22)19(21-18(16)23)7-5-13(24-3)6-8-19;1-5(2)3(4)6;/h11-12,15H,6-10H2,1-5H3,(H,24,26);9-10,13,22H,4-8H2,1-3H3,(H,21,23);1-2H3;1H/p-1. The quantitative estimate of drug-likeness (QED) is 0.222. The van der Waals surface area contributed by atoms with Crippen molar-refractivity contribution >= 4 is 77.9 Å². The van der Waals surface area contributed by atoms with Crippen molar-refractivity contribution in [3.05, 3.63) is 78.1 Å². The summed E-state index contributed by atoms with van der Waals surface area (Å²) >= 11 is 12.1. The van der Waals surface area contributed by atoms with E-state index in [4.69, 9.17) is 25.8 Å². The van der Waals surface area contributed by atoms with Crippen molar-refractivity contribution in [3.63, 3.8) is 0 Å². The maximum absolute atomic E-state index is 13.2. The molecule has 2 spiro atoms. The van der Waals surface area contributed by atoms with E-state index in [1.807, 2.05) is 26.0 Å². The lowest BCUT2D eigenvalue weighted by molar-refractivity contribution is -0.117. The molecule has 2 saturated carbocycles. The fourth-order valence-corrected chi connectivity index (χ4v) is 9.88. The van der Waals surface area contributed by atoms with Crippen molar-refractivity contribution < 1.29 is 50.9 Å². The molecule has 16 heteroatoms. The Morgan fingerprint density at radius 1 is 0.750 bits per heavy atom. The highest BCUT2D eigenvalue weighted by molar-refractivity contribution is 9.10. The summed E-state index contributed by atoms with van der Waals surface area (Å²) in [4.78, 5) is 51.0. The topological polar surface area (TPSA) is 147 Å². The first-order valence-electron chi connectivity index (χ1n) is 20.0. The molecule has 0 saturated heterocycles. The van der Waals surface area contributed by atoms with E-state index in [2.05, 4.69) is 68.5 Å². The summed E-state index contributed by atoms with van der Waals surface area (Å²) < 4.78 is 18.5. The average Bonchev–Trinajstić information content (AvgIpc) is 3.58. The average molecular weight is 1000 g/mol. The first-order valence-corrected chi connectivity index (χ1v) is 22.0. The minimum absolute atomic E-state index is 0. The highest BCUT2D eigenvalue weighted by Crippen LogP contribution is 2.47. The van der Waals surface area contributed by atoms with Gasteiger partial charge in [-0.3, -0.25) is 14.4 Å². The number of aliphatic hydroxyl groups excluding tert-OH is 1. The minimum Gasteiger partial charge on any atom is -1.00 e. The number of rotatable bonds is 7. The molecule has 2 aliphatic heterocycles. The van der Waals surface area contributed by atoms with Crippen LogP contribution in [0.3, 0.4) is 0 Å². The maximum atomic E-state index is 13.2. The van der Waals surface area contributed by atoms with Gasteiger partial charge in [-0.05, 0) is 124 Å². The Labute approximate surface area is 382 Å². The first-order chi connectivity index (χ1) is 27.8. The predicted molar refractivity (Wildman–Crippen MR) is 238 cm³/mol. The van der Waals surface area contributed by atoms with Crippen molar-refractivity contribution in [2.75, 3.05) is 42.4 Å². The van der Waals surface area contributed by atoms with Gasteiger partial charge in [0, 0.05) is 62.5 Å². The third-order valence-corrected chi connectivity index (χ3v) is 13.1. The van der Waals surface area contributed by atoms with E-state index in [0.717, 1.165) is 80.9 Å². The van der Waals surface area contributed by atoms with Crippen LogP contribution in [0.5, 0.6) is 0 Å². The molecule has 4 aliphatic rings. The molecule has 2 fully saturated rings. The zero-order valence-electron chi connectivity index (χ0n) is 36.2. The van der Waals surface area contributed by atoms with Crippen LogP contribution < -0.4 is 23.0 Å². The zero-order valence-corrected chi connectivity index (χ0v) is 40.9. The Kier molecular flexibility index (Phi) is 18.6. The van der Waals surface area contributed by atoms with Crippen molar-refractivity contribution in [2.45, 2.75) is 115 Å². The van der Waals surface area contributed by atoms with Gasteiger partial charge in [0.25, 0.3) is 11.8 Å². The van der Waals surface area contributed by atoms with Crippen LogP contribution in [0.2, 0.25) is 0 Å². The fourth-order valence-electron chi connectivity index (χ4n) is 8.25. The van der Waals surface area contributed by atoms with E-state index in [1.165, 1.54) is 9.80 Å². The SMILES string of the molecule is CCc1cc(C)cc(Br)c1C1=C(O)C2(CCC(OC)CC2)NC1=O.CCc1cc(C)cc(Br)c1C1=C(OC(=O)N(C)C)C2(CCC(OC)CC2)NC1=O.CN(C)C(=O)Cl.[Cl-]. The third-order valence-electron chi connectivity index (χ3n) is 11.6. The number of carbonyl (C=O) groups is 4. The summed E-state index contributed by atoms with van der Waals surface area (Å²) in [6.45, 7) is 8.18. The molecule has 12 nitrogen and oxygen atoms in total. The lowest BCUT2D eigenvalue weighted by Crippen LogP contribution is -3.00. The molecule has 2 aliphatic carbocycles. The van der Waals surface area contributed by atoms with Crippen LogP contribution in [0.25, 0.3) is 11.1 Å². The van der Waals surface area contributed by atoms with E-state index < -0.39 is 22.5 Å². The molecule has 60 heavy (non-hydrogen) atoms. The number of amides is 4. The monoisotopic (exact) mass is 999 g/mol. The van der Waals surface area contributed by atoms with Gasteiger partial charge < -0.3 is 52.2 Å². The highest BCUT2D eigenvalue weighted by atomic mass is 79.9. The van der Waals surface area contributed by atoms with Crippen LogP contribution in [-0.2, 0) is 36.6 Å². The Balaban J connectivity index is 0.000000281. The summed E-state index contributed by atoms with van der Waals surface area (Å²) in [7, 11) is 9.89. The number of aliphatic hydroxyl groups is 1. The van der Waals surface area contributed by atoms with Crippen molar-refractivity contribution in [2.24, 2.45) is 0 Å². The van der Waals surface area contributed by atoms with E-state index in [9.17, 15) is 24.3 Å². The molecule has 332 valence electrons. The summed E-state index contributed by atoms with van der Waals surface area (Å²) in [6.07, 6.45) is 7.46. The second kappa shape index (κ2) is 21.8. The number of ether oxygens (including phenoxy) is 3. The Morgan fingerprint density at radius 2 is 1.13 bits per heavy atom. The lowest BCUT2D eigenvalue weighted by Gasteiger charge is -2.38. The summed E-state index contributed by atoms with van der Waals surface area (Å²) in [5.74, 6) is 0.264. The largest absolute Gasteiger partial charge is 1.00 e. The molecule has 0 unspecified atom stereocenters. The van der Waals surface area contributed by atoms with Gasteiger partial charge in [0.2, 0.25) is 0 Å². The van der Waals surface area contributed by atoms with Gasteiger partial charge in [0.15, 0.2) is 0 Å². The molecule has 0 bridgehead atoms. The maximum Gasteiger partial charge on any atom is 0.414 e. The predicted octanol–water partition coefficient (Wildman–Crippen LogP) is 6.14. The smallest absolute Gasteiger partial charge is 0.414 e. The lowest BCUT2D eigenvalue weighted by atomic mass is 9.79. The van der Waals surface area contributed by atoms with Gasteiger partial charge in [-0.15, -0.1) is 0 Å². The minimum atomic E-state index is -0.678. The van der Waals surface area contributed by atoms with Crippen LogP contribution in [0.1, 0.15) is 98.6 Å². The third kappa shape index (κ3) is 11.3. The molecule has 2 aromatic rings. The molecular formula is C44H59Br2Cl2N4O8-. The number of aryl methyl sites for hydroxylation is 4. The van der Waals surface area contributed by atoms with Crippen LogP contribution >= 0.6 is 43.5 Å². The Hall–Kier alpha value is -3.14. The number of carbonyl (C=O) groups excluding carboxylic acids is 4. The second-order valence-corrected chi connectivity index (χ2v) is 18.1. The number of methoxy groups -OCH3 is 2. The normalized spacial score (nSPS) is 23.2. The van der Waals surface area contributed by atoms with Gasteiger partial charge >= 0.3 is 11.5 Å². The van der Waals surface area contributed by atoms with Crippen LogP contribution in [0.15, 0.2) is 44.7 Å². The fraction of sp³-hybridized carbons (Fsp3) is 0.545. The van der Waals surface area contributed by atoms with Crippen LogP contribution in [0.4, 0.5) is 9.59 Å². The molecule has 6 rings (SSSR count). The van der Waals surface area contributed by atoms with Crippen molar-refractivity contribution in [1.29, 1.82) is 0 Å². The van der Waals surface area contributed by atoms with E-state index in [0.29, 0.717) is 42.6 Å². The molecule has 0 radical (unpaired) electrons. The van der Waals surface area contributed by atoms with Gasteiger partial charge in [-0.25, -0.2) is 4.79 Å². The van der Waals surface area contributed by atoms with E-state index in [1.54, 1.807) is 42.4 Å². The Bertz CT molecular complexity index is 1990. The van der Waals surface area contributed by atoms with Gasteiger partial charge in [0.05, 0.1) is 34.4 Å². The van der Waals surface area contributed by atoms with Crippen molar-refractivity contribution in [3.8, 4) is 0 Å². The van der Waals surface area contributed by atoms with Crippen LogP contribution in [0, 0.1) is 13.8 Å². The number of nitrogens with one attached hydrogen (secondary N) is 2. The Morgan fingerprint density at radius 3 is 1.52 bits per heavy atom. The summed E-state index contributed by atoms with van der Waals surface area (Å²) in [5.41, 5.74) is 5.57.